The number of halogens is 3. The maximum atomic E-state index is 13.0. The molecule has 1 atom stereocenters. The number of alkyl halides is 3. The van der Waals surface area contributed by atoms with Gasteiger partial charge in [-0.15, -0.1) is 10.2 Å². The summed E-state index contributed by atoms with van der Waals surface area (Å²) in [5, 5.41) is 14.1. The lowest BCUT2D eigenvalue weighted by Gasteiger charge is -2.20. The van der Waals surface area contributed by atoms with E-state index in [-0.39, 0.29) is 12.5 Å². The fraction of sp³-hybridized carbons (Fsp3) is 0.500. The average molecular weight is 439 g/mol. The van der Waals surface area contributed by atoms with Crippen molar-refractivity contribution in [2.24, 2.45) is 4.99 Å². The van der Waals surface area contributed by atoms with Crippen LogP contribution in [0, 0.1) is 0 Å². The molecule has 0 saturated carbocycles. The Morgan fingerprint density at radius 2 is 2.06 bits per heavy atom. The van der Waals surface area contributed by atoms with Gasteiger partial charge in [0.25, 0.3) is 0 Å². The van der Waals surface area contributed by atoms with E-state index in [9.17, 15) is 18.0 Å². The Kier molecular flexibility index (Phi) is 8.40. The minimum absolute atomic E-state index is 0.0928. The number of amides is 1. The molecule has 1 aromatic carbocycles. The molecule has 2 rings (SSSR count). The second-order valence-electron chi connectivity index (χ2n) is 7.16. The quantitative estimate of drug-likeness (QED) is 0.487. The molecule has 2 aromatic rings. The van der Waals surface area contributed by atoms with Gasteiger partial charge in [-0.25, -0.2) is 4.99 Å². The molecule has 170 valence electrons. The van der Waals surface area contributed by atoms with Crippen LogP contribution in [0.4, 0.5) is 13.2 Å². The number of carbonyl (C=O) groups is 1. The minimum Gasteiger partial charge on any atom is -0.355 e. The second kappa shape index (κ2) is 10.8. The Balaban J connectivity index is 2.10. The predicted molar refractivity (Wildman–Crippen MR) is 111 cm³/mol. The molecular formula is C20H28F3N7O. The van der Waals surface area contributed by atoms with Crippen LogP contribution < -0.4 is 10.6 Å². The molecule has 0 saturated heterocycles. The molecule has 1 heterocycles. The van der Waals surface area contributed by atoms with Crippen LogP contribution in [0.5, 0.6) is 0 Å². The van der Waals surface area contributed by atoms with Crippen molar-refractivity contribution in [1.29, 1.82) is 0 Å². The zero-order valence-corrected chi connectivity index (χ0v) is 18.1. The zero-order valence-electron chi connectivity index (χ0n) is 18.1. The highest BCUT2D eigenvalue weighted by atomic mass is 19.4. The van der Waals surface area contributed by atoms with Crippen molar-refractivity contribution in [3.05, 3.63) is 47.5 Å². The van der Waals surface area contributed by atoms with E-state index in [4.69, 9.17) is 0 Å². The molecule has 0 aliphatic heterocycles. The van der Waals surface area contributed by atoms with E-state index in [0.717, 1.165) is 24.4 Å². The van der Waals surface area contributed by atoms with E-state index in [2.05, 4.69) is 25.8 Å². The summed E-state index contributed by atoms with van der Waals surface area (Å²) in [7, 11) is 3.25. The number of nitrogens with one attached hydrogen (secondary N) is 2. The highest BCUT2D eigenvalue weighted by Crippen LogP contribution is 2.30. The number of guanidine groups is 1. The fourth-order valence-electron chi connectivity index (χ4n) is 2.75. The van der Waals surface area contributed by atoms with Crippen molar-refractivity contribution in [3.8, 4) is 0 Å². The third-order valence-corrected chi connectivity index (χ3v) is 4.60. The third-order valence-electron chi connectivity index (χ3n) is 4.60. The van der Waals surface area contributed by atoms with Crippen LogP contribution in [-0.4, -0.2) is 58.7 Å². The summed E-state index contributed by atoms with van der Waals surface area (Å²) >= 11 is 0. The number of hydrogen-bond donors (Lipinski definition) is 2. The molecule has 1 aromatic heterocycles. The fourth-order valence-corrected chi connectivity index (χ4v) is 2.75. The summed E-state index contributed by atoms with van der Waals surface area (Å²) in [5.41, 5.74) is -0.261. The van der Waals surface area contributed by atoms with Crippen LogP contribution in [0.15, 0.2) is 35.6 Å². The number of hydrogen-bond acceptors (Lipinski definition) is 4. The molecule has 1 amide bonds. The van der Waals surface area contributed by atoms with Gasteiger partial charge in [0.1, 0.15) is 18.7 Å². The summed E-state index contributed by atoms with van der Waals surface area (Å²) in [6.07, 6.45) is -2.05. The van der Waals surface area contributed by atoms with Gasteiger partial charge < -0.3 is 20.1 Å². The average Bonchev–Trinajstić information content (AvgIpc) is 3.18. The van der Waals surface area contributed by atoms with Gasteiger partial charge in [0.05, 0.1) is 11.6 Å². The van der Waals surface area contributed by atoms with Crippen molar-refractivity contribution in [2.45, 2.75) is 39.0 Å². The zero-order chi connectivity index (χ0) is 23.0. The van der Waals surface area contributed by atoms with Gasteiger partial charge in [-0.05, 0) is 24.6 Å². The second-order valence-corrected chi connectivity index (χ2v) is 7.16. The van der Waals surface area contributed by atoms with Gasteiger partial charge in [0, 0.05) is 33.6 Å². The van der Waals surface area contributed by atoms with Crippen molar-refractivity contribution in [3.63, 3.8) is 0 Å². The first-order valence-corrected chi connectivity index (χ1v) is 9.90. The lowest BCUT2D eigenvalue weighted by atomic mass is 10.1. The van der Waals surface area contributed by atoms with E-state index < -0.39 is 17.8 Å². The van der Waals surface area contributed by atoms with Crippen molar-refractivity contribution in [1.82, 2.24) is 30.3 Å². The Morgan fingerprint density at radius 1 is 1.32 bits per heavy atom. The van der Waals surface area contributed by atoms with Crippen LogP contribution in [0.3, 0.4) is 0 Å². The Bertz CT molecular complexity index is 893. The molecule has 31 heavy (non-hydrogen) atoms. The Morgan fingerprint density at radius 3 is 2.71 bits per heavy atom. The van der Waals surface area contributed by atoms with Gasteiger partial charge in [-0.3, -0.25) is 4.79 Å². The highest BCUT2D eigenvalue weighted by Gasteiger charge is 2.30. The maximum Gasteiger partial charge on any atom is 0.416 e. The van der Waals surface area contributed by atoms with E-state index in [1.807, 2.05) is 11.5 Å². The van der Waals surface area contributed by atoms with E-state index >= 15 is 0 Å². The lowest BCUT2D eigenvalue weighted by molar-refractivity contribution is -0.137. The number of benzene rings is 1. The van der Waals surface area contributed by atoms with Gasteiger partial charge in [-0.2, -0.15) is 13.2 Å². The lowest BCUT2D eigenvalue weighted by Crippen LogP contribution is -2.41. The molecule has 0 spiro atoms. The molecule has 0 radical (unpaired) electrons. The minimum atomic E-state index is -4.42. The number of nitrogens with zero attached hydrogens (tertiary/aromatic N) is 5. The van der Waals surface area contributed by atoms with E-state index in [1.165, 1.54) is 11.0 Å². The first-order valence-electron chi connectivity index (χ1n) is 9.90. The third kappa shape index (κ3) is 7.26. The van der Waals surface area contributed by atoms with Gasteiger partial charge in [-0.1, -0.05) is 19.1 Å². The van der Waals surface area contributed by atoms with Gasteiger partial charge >= 0.3 is 6.18 Å². The molecule has 0 aliphatic rings. The molecule has 0 fully saturated rings. The molecule has 11 heteroatoms. The van der Waals surface area contributed by atoms with E-state index in [1.54, 1.807) is 33.4 Å². The molecule has 2 N–H and O–H groups in total. The van der Waals surface area contributed by atoms with Crippen molar-refractivity contribution < 1.29 is 18.0 Å². The molecule has 0 aliphatic carbocycles. The first kappa shape index (κ1) is 24.2. The Hall–Kier alpha value is -3.11. The number of aromatic nitrogens is 3. The number of carbonyl (C=O) groups excluding carboxylic acids is 1. The number of likely N-dealkylation sites (N-methyl/N-ethyl adjacent to an activating group) is 1. The number of aliphatic imine (C=N–C) groups is 1. The first-order chi connectivity index (χ1) is 14.6. The topological polar surface area (TPSA) is 87.4 Å². The summed E-state index contributed by atoms with van der Waals surface area (Å²) in [5.74, 6) is 0.972. The summed E-state index contributed by atoms with van der Waals surface area (Å²) < 4.78 is 41.0. The van der Waals surface area contributed by atoms with Crippen LogP contribution in [0.25, 0.3) is 0 Å². The summed E-state index contributed by atoms with van der Waals surface area (Å²) in [6, 6.07) is 4.65. The predicted octanol–water partition coefficient (Wildman–Crippen LogP) is 2.24. The smallest absolute Gasteiger partial charge is 0.355 e. The monoisotopic (exact) mass is 439 g/mol. The van der Waals surface area contributed by atoms with Crippen LogP contribution in [0.1, 0.15) is 36.8 Å². The summed E-state index contributed by atoms with van der Waals surface area (Å²) in [6.45, 7) is 4.64. The van der Waals surface area contributed by atoms with Gasteiger partial charge in [0.15, 0.2) is 5.96 Å². The molecule has 0 bridgehead atoms. The van der Waals surface area contributed by atoms with E-state index in [0.29, 0.717) is 24.6 Å². The van der Waals surface area contributed by atoms with Crippen molar-refractivity contribution >= 4 is 11.9 Å². The summed E-state index contributed by atoms with van der Waals surface area (Å²) in [4.78, 5) is 17.6. The number of rotatable bonds is 8. The SMILES string of the molecule is CCc1nncn1CCNC(=NCC(=O)N(C)C)NC(C)c1cccc(C(F)(F)F)c1. The van der Waals surface area contributed by atoms with Crippen LogP contribution >= 0.6 is 0 Å². The normalized spacial score (nSPS) is 13.1. The largest absolute Gasteiger partial charge is 0.416 e. The van der Waals surface area contributed by atoms with Gasteiger partial charge in [0.2, 0.25) is 5.91 Å². The standard InChI is InChI=1S/C20H28F3N7O/c1-5-17-28-26-13-30(17)10-9-24-19(25-12-18(31)29(3)4)27-14(2)15-7-6-8-16(11-15)20(21,22)23/h6-8,11,13-14H,5,9-10,12H2,1-4H3,(H2,24,25,27). The number of aryl methyl sites for hydroxylation is 1. The van der Waals surface area contributed by atoms with Crippen LogP contribution in [0.2, 0.25) is 0 Å². The highest BCUT2D eigenvalue weighted by molar-refractivity contribution is 5.85. The maximum absolute atomic E-state index is 13.0. The van der Waals surface area contributed by atoms with Crippen LogP contribution in [-0.2, 0) is 23.9 Å². The molecule has 8 nitrogen and oxygen atoms in total. The molecular weight excluding hydrogens is 411 g/mol. The van der Waals surface area contributed by atoms with Crippen molar-refractivity contribution in [2.75, 3.05) is 27.2 Å². The Labute approximate surface area is 179 Å². The molecule has 1 unspecified atom stereocenters.